The van der Waals surface area contributed by atoms with Gasteiger partial charge in [-0.05, 0) is 43.0 Å². The molecule has 120 valence electrons. The van der Waals surface area contributed by atoms with Crippen LogP contribution in [0.5, 0.6) is 11.5 Å². The third-order valence-corrected chi connectivity index (χ3v) is 6.25. The van der Waals surface area contributed by atoms with Gasteiger partial charge in [0.25, 0.3) is 0 Å². The van der Waals surface area contributed by atoms with Crippen molar-refractivity contribution in [3.05, 3.63) is 47.5 Å². The van der Waals surface area contributed by atoms with Crippen LogP contribution in [0.2, 0.25) is 0 Å². The average molecular weight is 343 g/mol. The second kappa shape index (κ2) is 5.78. The van der Waals surface area contributed by atoms with E-state index in [0.717, 1.165) is 21.3 Å². The van der Waals surface area contributed by atoms with E-state index >= 15 is 0 Å². The second-order valence-corrected chi connectivity index (χ2v) is 8.03. The topological polar surface area (TPSA) is 9.23 Å². The van der Waals surface area contributed by atoms with Gasteiger partial charge >= 0.3 is 0 Å². The first kappa shape index (κ1) is 15.5. The highest BCUT2D eigenvalue weighted by atomic mass is 32.1. The number of rotatable bonds is 1. The third kappa shape index (κ3) is 2.49. The van der Waals surface area contributed by atoms with E-state index in [1.807, 2.05) is 12.1 Å². The molecule has 0 aromatic heterocycles. The number of thiol groups is 2. The molecule has 0 atom stereocenters. The van der Waals surface area contributed by atoms with E-state index in [9.17, 15) is 0 Å². The Bertz CT molecular complexity index is 696. The molecule has 23 heavy (non-hydrogen) atoms. The predicted octanol–water partition coefficient (Wildman–Crippen LogP) is 6.26. The fourth-order valence-electron chi connectivity index (χ4n) is 4.43. The minimum absolute atomic E-state index is 0.00624. The molecular weight excluding hydrogens is 320 g/mol. The maximum atomic E-state index is 6.23. The summed E-state index contributed by atoms with van der Waals surface area (Å²) < 4.78 is 6.23. The molecular formula is C20H22OS2. The molecule has 0 N–H and O–H groups in total. The van der Waals surface area contributed by atoms with E-state index < -0.39 is 0 Å². The quantitative estimate of drug-likeness (QED) is 0.582. The van der Waals surface area contributed by atoms with E-state index in [2.05, 4.69) is 56.4 Å². The van der Waals surface area contributed by atoms with Gasteiger partial charge in [0.1, 0.15) is 11.5 Å². The maximum absolute atomic E-state index is 6.23. The van der Waals surface area contributed by atoms with Crippen molar-refractivity contribution >= 4 is 25.3 Å². The number of hydrogen-bond acceptors (Lipinski definition) is 3. The fourth-order valence-corrected chi connectivity index (χ4v) is 4.82. The molecule has 0 bridgehead atoms. The summed E-state index contributed by atoms with van der Waals surface area (Å²) in [6.07, 6.45) is 6.62. The van der Waals surface area contributed by atoms with Crippen LogP contribution >= 0.6 is 25.3 Å². The Hall–Kier alpha value is -1.06. The van der Waals surface area contributed by atoms with Crippen molar-refractivity contribution in [1.82, 2.24) is 0 Å². The monoisotopic (exact) mass is 342 g/mol. The summed E-state index contributed by atoms with van der Waals surface area (Å²) in [5.74, 6) is 2.57. The number of fused-ring (bicyclic) bond motifs is 2. The van der Waals surface area contributed by atoms with Crippen LogP contribution in [0, 0.1) is 5.92 Å². The van der Waals surface area contributed by atoms with E-state index in [1.54, 1.807) is 0 Å². The maximum Gasteiger partial charge on any atom is 0.132 e. The zero-order valence-corrected chi connectivity index (χ0v) is 15.2. The predicted molar refractivity (Wildman–Crippen MR) is 100 cm³/mol. The average Bonchev–Trinajstić information content (AvgIpc) is 2.55. The van der Waals surface area contributed by atoms with Crippen molar-refractivity contribution in [3.8, 4) is 11.5 Å². The molecule has 0 unspecified atom stereocenters. The normalized spacial score (nSPS) is 19.6. The van der Waals surface area contributed by atoms with Crippen molar-refractivity contribution in [1.29, 1.82) is 0 Å². The molecule has 0 spiro atoms. The van der Waals surface area contributed by atoms with Crippen LogP contribution in [0.4, 0.5) is 0 Å². The van der Waals surface area contributed by atoms with E-state index in [-0.39, 0.29) is 5.41 Å². The summed E-state index contributed by atoms with van der Waals surface area (Å²) >= 11 is 9.00. The van der Waals surface area contributed by atoms with E-state index in [4.69, 9.17) is 4.74 Å². The lowest BCUT2D eigenvalue weighted by Crippen LogP contribution is -2.37. The van der Waals surface area contributed by atoms with Crippen LogP contribution < -0.4 is 4.74 Å². The molecule has 1 aliphatic heterocycles. The highest BCUT2D eigenvalue weighted by Crippen LogP contribution is 2.55. The van der Waals surface area contributed by atoms with Gasteiger partial charge in [-0.15, -0.1) is 25.3 Å². The van der Waals surface area contributed by atoms with Gasteiger partial charge in [-0.3, -0.25) is 0 Å². The molecule has 2 aliphatic rings. The largest absolute Gasteiger partial charge is 0.457 e. The fraction of sp³-hybridized carbons (Fsp3) is 0.400. The van der Waals surface area contributed by atoms with Crippen LogP contribution in [0.1, 0.15) is 50.2 Å². The molecule has 1 aliphatic carbocycles. The van der Waals surface area contributed by atoms with Crippen LogP contribution in [-0.2, 0) is 5.41 Å². The van der Waals surface area contributed by atoms with Gasteiger partial charge in [0.05, 0.1) is 0 Å². The van der Waals surface area contributed by atoms with Gasteiger partial charge in [-0.2, -0.15) is 0 Å². The van der Waals surface area contributed by atoms with Crippen molar-refractivity contribution in [3.63, 3.8) is 0 Å². The lowest BCUT2D eigenvalue weighted by Gasteiger charge is -2.45. The van der Waals surface area contributed by atoms with Crippen LogP contribution in [-0.4, -0.2) is 0 Å². The summed E-state index contributed by atoms with van der Waals surface area (Å²) in [6.45, 7) is 2.40. The molecule has 2 aromatic carbocycles. The van der Waals surface area contributed by atoms with Crippen LogP contribution in [0.25, 0.3) is 0 Å². The molecule has 2 aromatic rings. The molecule has 3 heteroatoms. The minimum Gasteiger partial charge on any atom is -0.457 e. The van der Waals surface area contributed by atoms with Gasteiger partial charge in [-0.25, -0.2) is 0 Å². The van der Waals surface area contributed by atoms with Crippen molar-refractivity contribution < 1.29 is 4.74 Å². The first-order chi connectivity index (χ1) is 11.1. The van der Waals surface area contributed by atoms with Crippen molar-refractivity contribution in [2.45, 2.75) is 54.2 Å². The van der Waals surface area contributed by atoms with Gasteiger partial charge in [-0.1, -0.05) is 38.3 Å². The first-order valence-electron chi connectivity index (χ1n) is 8.44. The lowest BCUT2D eigenvalue weighted by molar-refractivity contribution is 0.236. The summed E-state index contributed by atoms with van der Waals surface area (Å²) in [7, 11) is 0. The molecule has 1 fully saturated rings. The molecule has 0 radical (unpaired) electrons. The first-order valence-corrected chi connectivity index (χ1v) is 9.33. The zero-order chi connectivity index (χ0) is 16.0. The summed E-state index contributed by atoms with van der Waals surface area (Å²) in [4.78, 5) is 1.89. The molecule has 1 heterocycles. The third-order valence-electron chi connectivity index (χ3n) is 5.69. The van der Waals surface area contributed by atoms with Crippen molar-refractivity contribution in [2.75, 3.05) is 0 Å². The zero-order valence-electron chi connectivity index (χ0n) is 13.4. The number of hydrogen-bond donors (Lipinski definition) is 2. The highest BCUT2D eigenvalue weighted by Gasteiger charge is 2.44. The Morgan fingerprint density at radius 1 is 0.870 bits per heavy atom. The van der Waals surface area contributed by atoms with Gasteiger partial charge in [0, 0.05) is 26.3 Å². The standard InChI is InChI=1S/C20H22OS2/c1-20(13-5-3-2-4-6-13)16-9-7-14(22)11-18(16)21-19-12-15(23)8-10-17(19)20/h7-13,22-23H,2-6H2,1H3. The Balaban J connectivity index is 1.93. The van der Waals surface area contributed by atoms with Crippen molar-refractivity contribution in [2.24, 2.45) is 5.92 Å². The van der Waals surface area contributed by atoms with Crippen LogP contribution in [0.15, 0.2) is 46.2 Å². The minimum atomic E-state index is 0.00624. The van der Waals surface area contributed by atoms with Crippen LogP contribution in [0.3, 0.4) is 0 Å². The molecule has 0 saturated heterocycles. The second-order valence-electron chi connectivity index (χ2n) is 7.00. The summed E-state index contributed by atoms with van der Waals surface area (Å²) in [5, 5.41) is 0. The molecule has 1 saturated carbocycles. The highest BCUT2D eigenvalue weighted by molar-refractivity contribution is 7.80. The van der Waals surface area contributed by atoms with Gasteiger partial charge < -0.3 is 4.74 Å². The van der Waals surface area contributed by atoms with Gasteiger partial charge in [0.15, 0.2) is 0 Å². The Morgan fingerprint density at radius 3 is 1.91 bits per heavy atom. The van der Waals surface area contributed by atoms with Gasteiger partial charge in [0.2, 0.25) is 0 Å². The summed E-state index contributed by atoms with van der Waals surface area (Å²) in [5.41, 5.74) is 2.62. The van der Waals surface area contributed by atoms with E-state index in [1.165, 1.54) is 43.2 Å². The number of ether oxygens (including phenoxy) is 1. The molecule has 1 nitrogen and oxygen atoms in total. The Labute approximate surface area is 149 Å². The SMILES string of the molecule is CC1(C2CCCCC2)c2ccc(S)cc2Oc2cc(S)ccc21. The Kier molecular flexibility index (Phi) is 3.89. The Morgan fingerprint density at radius 2 is 1.39 bits per heavy atom. The summed E-state index contributed by atoms with van der Waals surface area (Å²) in [6, 6.07) is 12.7. The smallest absolute Gasteiger partial charge is 0.132 e. The lowest BCUT2D eigenvalue weighted by atomic mass is 9.61. The molecule has 0 amide bonds. The molecule has 4 rings (SSSR count). The number of benzene rings is 2. The van der Waals surface area contributed by atoms with E-state index in [0.29, 0.717) is 5.92 Å².